The second kappa shape index (κ2) is 8.45. The van der Waals surface area contributed by atoms with E-state index in [1.165, 1.54) is 19.3 Å². The molecule has 142 valence electrons. The van der Waals surface area contributed by atoms with Gasteiger partial charge in [0, 0.05) is 25.1 Å². The molecule has 1 heterocycles. The summed E-state index contributed by atoms with van der Waals surface area (Å²) < 4.78 is 21.7. The summed E-state index contributed by atoms with van der Waals surface area (Å²) in [6.45, 7) is 2.72. The maximum atomic E-state index is 5.44. The quantitative estimate of drug-likeness (QED) is 0.777. The smallest absolute Gasteiger partial charge is 0.203 e. The first-order chi connectivity index (χ1) is 12.6. The number of nitrogens with one attached hydrogen (secondary N) is 1. The Balaban J connectivity index is 1.65. The Morgan fingerprint density at radius 3 is 2.38 bits per heavy atom. The van der Waals surface area contributed by atoms with Crippen LogP contribution in [-0.4, -0.2) is 32.5 Å². The lowest BCUT2D eigenvalue weighted by Gasteiger charge is -2.21. The number of rotatable bonds is 8. The number of methoxy groups -OCH3 is 3. The third-order valence-electron chi connectivity index (χ3n) is 5.09. The highest BCUT2D eigenvalue weighted by Crippen LogP contribution is 2.38. The monoisotopic (exact) mass is 360 g/mol. The van der Waals surface area contributed by atoms with E-state index in [4.69, 9.17) is 18.7 Å². The molecule has 6 nitrogen and oxygen atoms in total. The number of ether oxygens (including phenoxy) is 3. The van der Waals surface area contributed by atoms with Gasteiger partial charge in [0.1, 0.15) is 5.76 Å². The Hall–Kier alpha value is -2.21. The second-order valence-electron chi connectivity index (χ2n) is 6.85. The van der Waals surface area contributed by atoms with Crippen molar-refractivity contribution < 1.29 is 18.7 Å². The van der Waals surface area contributed by atoms with Crippen LogP contribution in [0.15, 0.2) is 22.7 Å². The van der Waals surface area contributed by atoms with E-state index in [1.54, 1.807) is 21.3 Å². The molecule has 1 N–H and O–H groups in total. The molecule has 1 aliphatic carbocycles. The molecule has 3 rings (SSSR count). The molecule has 1 aromatic heterocycles. The molecule has 6 heteroatoms. The van der Waals surface area contributed by atoms with Gasteiger partial charge in [0.2, 0.25) is 5.75 Å². The number of hydrogen-bond donors (Lipinski definition) is 1. The van der Waals surface area contributed by atoms with E-state index in [0.29, 0.717) is 29.2 Å². The molecular formula is C20H28N2O4. The molecule has 0 aliphatic heterocycles. The first-order valence-electron chi connectivity index (χ1n) is 9.09. The normalized spacial score (nSPS) is 19.5. The molecular weight excluding hydrogens is 332 g/mol. The third-order valence-corrected chi connectivity index (χ3v) is 5.09. The molecule has 0 unspecified atom stereocenters. The van der Waals surface area contributed by atoms with Crippen LogP contribution in [0.1, 0.15) is 36.3 Å². The van der Waals surface area contributed by atoms with Gasteiger partial charge in [-0.2, -0.15) is 0 Å². The van der Waals surface area contributed by atoms with Gasteiger partial charge in [0.25, 0.3) is 0 Å². The van der Waals surface area contributed by atoms with E-state index in [9.17, 15) is 0 Å². The summed E-state index contributed by atoms with van der Waals surface area (Å²) in [6, 6.07) is 6.50. The van der Waals surface area contributed by atoms with Gasteiger partial charge in [-0.05, 0) is 43.4 Å². The van der Waals surface area contributed by atoms with Crippen molar-refractivity contribution in [3.8, 4) is 17.2 Å². The Kier molecular flexibility index (Phi) is 6.04. The molecule has 1 aliphatic rings. The highest BCUT2D eigenvalue weighted by Gasteiger charge is 2.28. The lowest BCUT2D eigenvalue weighted by Crippen LogP contribution is -2.32. The molecule has 2 atom stereocenters. The molecule has 1 saturated carbocycles. The predicted molar refractivity (Wildman–Crippen MR) is 99.0 cm³/mol. The molecule has 0 saturated heterocycles. The summed E-state index contributed by atoms with van der Waals surface area (Å²) >= 11 is 0. The highest BCUT2D eigenvalue weighted by atomic mass is 16.5. The van der Waals surface area contributed by atoms with Crippen molar-refractivity contribution >= 4 is 0 Å². The van der Waals surface area contributed by atoms with Crippen LogP contribution in [0.25, 0.3) is 0 Å². The van der Waals surface area contributed by atoms with Gasteiger partial charge in [-0.1, -0.05) is 11.6 Å². The maximum Gasteiger partial charge on any atom is 0.203 e. The minimum Gasteiger partial charge on any atom is -0.493 e. The van der Waals surface area contributed by atoms with Crippen molar-refractivity contribution in [1.82, 2.24) is 10.5 Å². The minimum atomic E-state index is 0.472. The molecule has 26 heavy (non-hydrogen) atoms. The van der Waals surface area contributed by atoms with Crippen molar-refractivity contribution in [3.05, 3.63) is 35.2 Å². The number of benzene rings is 1. The summed E-state index contributed by atoms with van der Waals surface area (Å²) in [5.41, 5.74) is 2.06. The summed E-state index contributed by atoms with van der Waals surface area (Å²) in [4.78, 5) is 0. The van der Waals surface area contributed by atoms with Crippen LogP contribution < -0.4 is 19.5 Å². The van der Waals surface area contributed by atoms with Gasteiger partial charge in [-0.25, -0.2) is 0 Å². The highest BCUT2D eigenvalue weighted by molar-refractivity contribution is 5.53. The number of aromatic nitrogens is 1. The van der Waals surface area contributed by atoms with Crippen molar-refractivity contribution in [2.75, 3.05) is 21.3 Å². The fourth-order valence-electron chi connectivity index (χ4n) is 3.81. The standard InChI is InChI=1S/C20H28N2O4/c1-13-8-16(26-22-13)11-15-6-5-7-17(15)21-12-14-9-18(23-2)20(25-4)19(10-14)24-3/h8-10,15,17,21H,5-7,11-12H2,1-4H3/t15-,17+/m0/s1. The van der Waals surface area contributed by atoms with Crippen molar-refractivity contribution in [3.63, 3.8) is 0 Å². The lowest BCUT2D eigenvalue weighted by atomic mass is 9.97. The largest absolute Gasteiger partial charge is 0.493 e. The van der Waals surface area contributed by atoms with Gasteiger partial charge in [-0.3, -0.25) is 0 Å². The Morgan fingerprint density at radius 1 is 1.08 bits per heavy atom. The molecule has 1 fully saturated rings. The fraction of sp³-hybridized carbons (Fsp3) is 0.550. The zero-order valence-electron chi connectivity index (χ0n) is 16.0. The van der Waals surface area contributed by atoms with E-state index < -0.39 is 0 Å². The first kappa shape index (κ1) is 18.6. The van der Waals surface area contributed by atoms with E-state index in [1.807, 2.05) is 25.1 Å². The van der Waals surface area contributed by atoms with Crippen LogP contribution in [0.3, 0.4) is 0 Å². The maximum absolute atomic E-state index is 5.44. The van der Waals surface area contributed by atoms with E-state index in [-0.39, 0.29) is 0 Å². The lowest BCUT2D eigenvalue weighted by molar-refractivity contribution is 0.321. The zero-order chi connectivity index (χ0) is 18.5. The topological polar surface area (TPSA) is 65.8 Å². The first-order valence-corrected chi connectivity index (χ1v) is 9.09. The van der Waals surface area contributed by atoms with Gasteiger partial charge in [0.15, 0.2) is 11.5 Å². The van der Waals surface area contributed by atoms with Crippen LogP contribution in [0.4, 0.5) is 0 Å². The van der Waals surface area contributed by atoms with Gasteiger partial charge in [0.05, 0.1) is 27.0 Å². The fourth-order valence-corrected chi connectivity index (χ4v) is 3.81. The summed E-state index contributed by atoms with van der Waals surface area (Å²) in [6.07, 6.45) is 4.58. The van der Waals surface area contributed by atoms with Crippen LogP contribution >= 0.6 is 0 Å². The van der Waals surface area contributed by atoms with E-state index in [0.717, 1.165) is 30.0 Å². The van der Waals surface area contributed by atoms with Gasteiger partial charge in [-0.15, -0.1) is 0 Å². The molecule has 0 amide bonds. The Bertz CT molecular complexity index is 703. The predicted octanol–water partition coefficient (Wildman–Crippen LogP) is 3.51. The van der Waals surface area contributed by atoms with E-state index in [2.05, 4.69) is 10.5 Å². The minimum absolute atomic E-state index is 0.472. The number of hydrogen-bond acceptors (Lipinski definition) is 6. The van der Waals surface area contributed by atoms with E-state index >= 15 is 0 Å². The van der Waals surface area contributed by atoms with Crippen LogP contribution in [-0.2, 0) is 13.0 Å². The summed E-state index contributed by atoms with van der Waals surface area (Å²) in [7, 11) is 4.90. The Morgan fingerprint density at radius 2 is 1.81 bits per heavy atom. The molecule has 1 aromatic carbocycles. The van der Waals surface area contributed by atoms with Crippen LogP contribution in [0.5, 0.6) is 17.2 Å². The average Bonchev–Trinajstić information content (AvgIpc) is 3.27. The van der Waals surface area contributed by atoms with Gasteiger partial charge >= 0.3 is 0 Å². The number of nitrogens with zero attached hydrogens (tertiary/aromatic N) is 1. The van der Waals surface area contributed by atoms with Crippen LogP contribution in [0, 0.1) is 12.8 Å². The average molecular weight is 360 g/mol. The third kappa shape index (κ3) is 4.12. The van der Waals surface area contributed by atoms with Crippen molar-refractivity contribution in [2.24, 2.45) is 5.92 Å². The second-order valence-corrected chi connectivity index (χ2v) is 6.85. The van der Waals surface area contributed by atoms with Crippen LogP contribution in [0.2, 0.25) is 0 Å². The van der Waals surface area contributed by atoms with Gasteiger partial charge < -0.3 is 24.1 Å². The summed E-state index contributed by atoms with van der Waals surface area (Å²) in [5, 5.41) is 7.70. The Labute approximate surface area is 154 Å². The zero-order valence-corrected chi connectivity index (χ0v) is 16.0. The van der Waals surface area contributed by atoms with Crippen molar-refractivity contribution in [2.45, 2.75) is 45.2 Å². The number of aryl methyl sites for hydroxylation is 1. The SMILES string of the molecule is COc1cc(CN[C@@H]2CCC[C@H]2Cc2cc(C)no2)cc(OC)c1OC. The molecule has 0 radical (unpaired) electrons. The molecule has 0 spiro atoms. The summed E-state index contributed by atoms with van der Waals surface area (Å²) in [5.74, 6) is 3.55. The van der Waals surface area contributed by atoms with Crippen molar-refractivity contribution in [1.29, 1.82) is 0 Å². The molecule has 0 bridgehead atoms. The molecule has 2 aromatic rings.